The fraction of sp³-hybridized carbons (Fsp3) is 0.0500. The molecule has 0 spiro atoms. The first kappa shape index (κ1) is 21.2. The zero-order valence-corrected chi connectivity index (χ0v) is 17.3. The van der Waals surface area contributed by atoms with Gasteiger partial charge in [0.2, 0.25) is 5.78 Å². The second-order valence-corrected chi connectivity index (χ2v) is 8.76. The molecule has 8 nitrogen and oxygen atoms in total. The molecule has 1 heterocycles. The lowest BCUT2D eigenvalue weighted by Gasteiger charge is -2.07. The Bertz CT molecular complexity index is 1180. The molecule has 0 saturated heterocycles. The van der Waals surface area contributed by atoms with Crippen molar-refractivity contribution in [3.05, 3.63) is 77.3 Å². The van der Waals surface area contributed by atoms with Crippen LogP contribution < -0.4 is 10.0 Å². The van der Waals surface area contributed by atoms with Gasteiger partial charge in [0.15, 0.2) is 5.13 Å². The van der Waals surface area contributed by atoms with Gasteiger partial charge in [-0.15, -0.1) is 11.3 Å². The summed E-state index contributed by atoms with van der Waals surface area (Å²) >= 11 is 1.14. The van der Waals surface area contributed by atoms with Crippen LogP contribution in [0.4, 0.5) is 10.8 Å². The molecule has 3 rings (SSSR count). The van der Waals surface area contributed by atoms with E-state index in [1.165, 1.54) is 30.5 Å². The van der Waals surface area contributed by atoms with Crippen LogP contribution in [-0.4, -0.2) is 30.2 Å². The van der Waals surface area contributed by atoms with Crippen LogP contribution in [-0.2, 0) is 19.6 Å². The van der Waals surface area contributed by atoms with Crippen molar-refractivity contribution < 1.29 is 23.1 Å². The summed E-state index contributed by atoms with van der Waals surface area (Å²) in [5, 5.41) is 14.2. The molecule has 3 aromatic rings. The number of benzene rings is 2. The third-order valence-electron chi connectivity index (χ3n) is 3.92. The van der Waals surface area contributed by atoms with Gasteiger partial charge in [-0.1, -0.05) is 29.8 Å². The third-order valence-corrected chi connectivity index (χ3v) is 6.09. The average Bonchev–Trinajstić information content (AvgIpc) is 3.21. The van der Waals surface area contributed by atoms with E-state index in [2.05, 4.69) is 15.0 Å². The SMILES string of the molecule is Cc1ccc(/C(O)=C/C(=O)C(=O)Nc2ccc(S(=O)(=O)Nc3nccs3)cc2)cc1. The number of carbonyl (C=O) groups is 2. The highest BCUT2D eigenvalue weighted by molar-refractivity contribution is 7.93. The molecule has 0 aliphatic rings. The Morgan fingerprint density at radius 2 is 1.73 bits per heavy atom. The first-order valence-corrected chi connectivity index (χ1v) is 11.0. The van der Waals surface area contributed by atoms with E-state index < -0.39 is 21.7 Å². The van der Waals surface area contributed by atoms with Gasteiger partial charge in [0.05, 0.1) is 4.90 Å². The lowest BCUT2D eigenvalue weighted by Crippen LogP contribution is -2.21. The molecule has 0 bridgehead atoms. The van der Waals surface area contributed by atoms with Crippen molar-refractivity contribution in [2.45, 2.75) is 11.8 Å². The van der Waals surface area contributed by atoms with E-state index in [4.69, 9.17) is 0 Å². The van der Waals surface area contributed by atoms with Crippen molar-refractivity contribution in [3.8, 4) is 0 Å². The summed E-state index contributed by atoms with van der Waals surface area (Å²) in [5.41, 5.74) is 1.62. The highest BCUT2D eigenvalue weighted by Gasteiger charge is 2.17. The van der Waals surface area contributed by atoms with Crippen LogP contribution in [0, 0.1) is 6.92 Å². The molecule has 0 atom stereocenters. The van der Waals surface area contributed by atoms with E-state index >= 15 is 0 Å². The number of nitrogens with one attached hydrogen (secondary N) is 2. The van der Waals surface area contributed by atoms with Gasteiger partial charge in [-0.25, -0.2) is 13.4 Å². The number of ketones is 1. The monoisotopic (exact) mass is 443 g/mol. The molecule has 3 N–H and O–H groups in total. The normalized spacial score (nSPS) is 11.7. The highest BCUT2D eigenvalue weighted by Crippen LogP contribution is 2.19. The van der Waals surface area contributed by atoms with Gasteiger partial charge >= 0.3 is 0 Å². The second-order valence-electron chi connectivity index (χ2n) is 6.18. The summed E-state index contributed by atoms with van der Waals surface area (Å²) in [6, 6.07) is 12.1. The molecule has 1 aromatic heterocycles. The molecule has 0 radical (unpaired) electrons. The Morgan fingerprint density at radius 1 is 1.07 bits per heavy atom. The number of rotatable bonds is 7. The molecule has 154 valence electrons. The molecular formula is C20H17N3O5S2. The quantitative estimate of drug-likeness (QED) is 0.292. The van der Waals surface area contributed by atoms with Gasteiger partial charge in [-0.2, -0.15) is 0 Å². The van der Waals surface area contributed by atoms with Gasteiger partial charge < -0.3 is 10.4 Å². The van der Waals surface area contributed by atoms with E-state index in [-0.39, 0.29) is 21.5 Å². The Balaban J connectivity index is 1.66. The number of anilines is 2. The predicted molar refractivity (Wildman–Crippen MR) is 115 cm³/mol. The minimum atomic E-state index is -3.82. The number of nitrogens with zero attached hydrogens (tertiary/aromatic N) is 1. The van der Waals surface area contributed by atoms with Crippen molar-refractivity contribution in [2.24, 2.45) is 0 Å². The molecule has 1 amide bonds. The number of aliphatic hydroxyl groups is 1. The summed E-state index contributed by atoms with van der Waals surface area (Å²) in [6.45, 7) is 1.88. The number of amides is 1. The maximum Gasteiger partial charge on any atom is 0.296 e. The molecule has 0 aliphatic heterocycles. The van der Waals surface area contributed by atoms with Gasteiger partial charge in [-0.05, 0) is 31.2 Å². The van der Waals surface area contributed by atoms with Gasteiger partial charge in [0.1, 0.15) is 5.76 Å². The van der Waals surface area contributed by atoms with Crippen LogP contribution in [0.3, 0.4) is 0 Å². The maximum atomic E-state index is 12.3. The molecular weight excluding hydrogens is 426 g/mol. The molecule has 10 heteroatoms. The Hall–Kier alpha value is -3.50. The molecule has 2 aromatic carbocycles. The van der Waals surface area contributed by atoms with Crippen LogP contribution >= 0.6 is 11.3 Å². The predicted octanol–water partition coefficient (Wildman–Crippen LogP) is 3.36. The molecule has 30 heavy (non-hydrogen) atoms. The second kappa shape index (κ2) is 8.89. The van der Waals surface area contributed by atoms with E-state index in [1.54, 1.807) is 29.6 Å². The zero-order chi connectivity index (χ0) is 21.7. The minimum absolute atomic E-state index is 0.0288. The van der Waals surface area contributed by atoms with E-state index in [1.807, 2.05) is 6.92 Å². The summed E-state index contributed by atoms with van der Waals surface area (Å²) < 4.78 is 26.9. The smallest absolute Gasteiger partial charge is 0.296 e. The Morgan fingerprint density at radius 3 is 2.33 bits per heavy atom. The minimum Gasteiger partial charge on any atom is -0.507 e. The number of hydrogen-bond acceptors (Lipinski definition) is 7. The van der Waals surface area contributed by atoms with Crippen LogP contribution in [0.5, 0.6) is 0 Å². The number of aromatic nitrogens is 1. The third kappa shape index (κ3) is 5.31. The molecule has 0 fully saturated rings. The van der Waals surface area contributed by atoms with E-state index in [0.29, 0.717) is 5.56 Å². The zero-order valence-electron chi connectivity index (χ0n) is 15.7. The maximum absolute atomic E-state index is 12.3. The summed E-state index contributed by atoms with van der Waals surface area (Å²) in [7, 11) is -3.82. The topological polar surface area (TPSA) is 125 Å². The highest BCUT2D eigenvalue weighted by atomic mass is 32.2. The molecule has 0 aliphatic carbocycles. The number of thiazole rings is 1. The summed E-state index contributed by atoms with van der Waals surface area (Å²) in [6.07, 6.45) is 2.31. The number of aryl methyl sites for hydroxylation is 1. The Kier molecular flexibility index (Phi) is 6.28. The van der Waals surface area contributed by atoms with Crippen LogP contribution in [0.15, 0.2) is 71.1 Å². The fourth-order valence-corrected chi connectivity index (χ4v) is 4.14. The van der Waals surface area contributed by atoms with Crippen LogP contribution in [0.2, 0.25) is 0 Å². The lowest BCUT2D eigenvalue weighted by atomic mass is 10.1. The van der Waals surface area contributed by atoms with Gasteiger partial charge in [-0.3, -0.25) is 14.3 Å². The van der Waals surface area contributed by atoms with Crippen LogP contribution in [0.25, 0.3) is 5.76 Å². The number of sulfonamides is 1. The summed E-state index contributed by atoms with van der Waals surface area (Å²) in [4.78, 5) is 27.9. The fourth-order valence-electron chi connectivity index (χ4n) is 2.36. The number of hydrogen-bond donors (Lipinski definition) is 3. The van der Waals surface area contributed by atoms with E-state index in [9.17, 15) is 23.1 Å². The Labute approximate surface area is 177 Å². The first-order chi connectivity index (χ1) is 14.2. The van der Waals surface area contributed by atoms with Crippen molar-refractivity contribution in [2.75, 3.05) is 10.0 Å². The lowest BCUT2D eigenvalue weighted by molar-refractivity contribution is -0.131. The molecule has 0 saturated carbocycles. The van der Waals surface area contributed by atoms with Crippen molar-refractivity contribution in [1.82, 2.24) is 4.98 Å². The van der Waals surface area contributed by atoms with E-state index in [0.717, 1.165) is 23.0 Å². The van der Waals surface area contributed by atoms with Crippen molar-refractivity contribution >= 4 is 49.6 Å². The van der Waals surface area contributed by atoms with Gasteiger partial charge in [0, 0.05) is 28.9 Å². The van der Waals surface area contributed by atoms with Crippen LogP contribution in [0.1, 0.15) is 11.1 Å². The van der Waals surface area contributed by atoms with Crippen molar-refractivity contribution in [3.63, 3.8) is 0 Å². The van der Waals surface area contributed by atoms with Crippen molar-refractivity contribution in [1.29, 1.82) is 0 Å². The standard InChI is InChI=1S/C20H17N3O5S2/c1-13-2-4-14(5-3-13)17(24)12-18(25)19(26)22-15-6-8-16(9-7-15)30(27,28)23-20-21-10-11-29-20/h2-12,24H,1H3,(H,21,23)(H,22,26)/b17-12-. The largest absolute Gasteiger partial charge is 0.507 e. The number of aliphatic hydroxyl groups excluding tert-OH is 1. The van der Waals surface area contributed by atoms with Gasteiger partial charge in [0.25, 0.3) is 15.9 Å². The average molecular weight is 444 g/mol. The first-order valence-electron chi connectivity index (χ1n) is 8.60. The number of carbonyl (C=O) groups excluding carboxylic acids is 2. The summed E-state index contributed by atoms with van der Waals surface area (Å²) in [5.74, 6) is -2.25. The molecule has 0 unspecified atom stereocenters.